The quantitative estimate of drug-likeness (QED) is 0.131. The molecule has 3 aromatic heterocycles. The molecule has 2 atom stereocenters. The molecule has 60 heavy (non-hydrogen) atoms. The molecule has 1 saturated carbocycles. The molecule has 1 N–H and O–H groups in total. The van der Waals surface area contributed by atoms with E-state index in [2.05, 4.69) is 36.9 Å². The van der Waals surface area contributed by atoms with Crippen LogP contribution in [0.15, 0.2) is 90.7 Å². The molecule has 2 bridgehead atoms. The Bertz CT molecular complexity index is 2750. The van der Waals surface area contributed by atoms with Crippen molar-refractivity contribution in [1.29, 1.82) is 0 Å². The zero-order valence-electron chi connectivity index (χ0n) is 32.2. The summed E-state index contributed by atoms with van der Waals surface area (Å²) in [5.41, 5.74) is 0.721. The van der Waals surface area contributed by atoms with Gasteiger partial charge < -0.3 is 19.7 Å². The monoisotopic (exact) mass is 851 g/mol. The maximum Gasteiger partial charge on any atom is 0.410 e. The van der Waals surface area contributed by atoms with Crippen molar-refractivity contribution in [3.63, 3.8) is 0 Å². The fourth-order valence-corrected chi connectivity index (χ4v) is 9.82. The lowest BCUT2D eigenvalue weighted by atomic mass is 10.0. The van der Waals surface area contributed by atoms with Crippen molar-refractivity contribution in [3.05, 3.63) is 103 Å². The standard InChI is InChI=1S/C42H39ClFN9O6S/c1-2-19-58-42(55)53-28-15-16-29(53)22-51(21-28)40-32-20-45-37(31-11-5-9-25-10-6-12-33(43)35(25)31)36(44)38(32)48-41(49-40)59-23-34(54)47-27-13-17-30(18-14-27)60(56,57)52-24-46-39(50-52)26-7-3-4-8-26/h2,5-6,9-14,17-18,20,24,26,28-29H,1,3-4,7-8,15-16,19,21-23H2,(H,47,54). The van der Waals surface area contributed by atoms with Crippen molar-refractivity contribution < 1.29 is 31.9 Å². The first kappa shape index (κ1) is 39.3. The minimum absolute atomic E-state index is 0.0212. The largest absolute Gasteiger partial charge is 0.453 e. The number of hydrogen-bond donors (Lipinski definition) is 1. The number of carbonyl (C=O) groups is 2. The summed E-state index contributed by atoms with van der Waals surface area (Å²) >= 11 is 6.62. The van der Waals surface area contributed by atoms with Gasteiger partial charge in [0.05, 0.1) is 22.4 Å². The van der Waals surface area contributed by atoms with Gasteiger partial charge in [-0.15, -0.1) is 9.19 Å². The third-order valence-electron chi connectivity index (χ3n) is 11.3. The lowest BCUT2D eigenvalue weighted by molar-refractivity contribution is -0.118. The van der Waals surface area contributed by atoms with Crippen molar-refractivity contribution in [2.24, 2.45) is 0 Å². The average Bonchev–Trinajstić information content (AvgIpc) is 4.03. The van der Waals surface area contributed by atoms with Crippen LogP contribution in [0.2, 0.25) is 5.02 Å². The highest BCUT2D eigenvalue weighted by Gasteiger charge is 2.44. The molecule has 2 unspecified atom stereocenters. The molecular weight excluding hydrogens is 813 g/mol. The van der Waals surface area contributed by atoms with Crippen LogP contribution in [-0.4, -0.2) is 92.8 Å². The summed E-state index contributed by atoms with van der Waals surface area (Å²) in [4.78, 5) is 47.8. The van der Waals surface area contributed by atoms with Gasteiger partial charge in [-0.3, -0.25) is 14.7 Å². The van der Waals surface area contributed by atoms with E-state index in [9.17, 15) is 18.0 Å². The highest BCUT2D eigenvalue weighted by molar-refractivity contribution is 7.89. The van der Waals surface area contributed by atoms with Crippen LogP contribution < -0.4 is 15.0 Å². The Morgan fingerprint density at radius 3 is 2.43 bits per heavy atom. The van der Waals surface area contributed by atoms with Gasteiger partial charge in [0.15, 0.2) is 18.2 Å². The van der Waals surface area contributed by atoms with Crippen LogP contribution in [0, 0.1) is 5.82 Å². The van der Waals surface area contributed by atoms with Crippen LogP contribution in [-0.2, 0) is 19.6 Å². The summed E-state index contributed by atoms with van der Waals surface area (Å²) in [5.74, 6) is -0.322. The topological polar surface area (TPSA) is 175 Å². The van der Waals surface area contributed by atoms with Crippen molar-refractivity contribution in [2.45, 2.75) is 61.4 Å². The number of pyridine rings is 1. The van der Waals surface area contributed by atoms with Gasteiger partial charge in [-0.05, 0) is 61.4 Å². The highest BCUT2D eigenvalue weighted by atomic mass is 35.5. The SMILES string of the molecule is C=CCOC(=O)N1C2CCC1CN(c1nc(OCC(=O)Nc3ccc(S(=O)(=O)n4cnc(C5CCCC5)n4)cc3)nc3c(F)c(-c4cccc5cccc(Cl)c45)ncc13)C2. The number of fused-ring (bicyclic) bond motifs is 4. The maximum absolute atomic E-state index is 16.9. The van der Waals surface area contributed by atoms with E-state index in [1.165, 1.54) is 42.9 Å². The number of benzene rings is 3. The second-order valence-corrected chi connectivity index (χ2v) is 17.2. The molecule has 3 aromatic carbocycles. The molecule has 2 aliphatic heterocycles. The van der Waals surface area contributed by atoms with E-state index >= 15 is 4.39 Å². The van der Waals surface area contributed by atoms with Crippen molar-refractivity contribution in [2.75, 3.05) is 36.5 Å². The fourth-order valence-electron chi connectivity index (χ4n) is 8.48. The van der Waals surface area contributed by atoms with Gasteiger partial charge in [-0.25, -0.2) is 14.2 Å². The molecule has 0 spiro atoms. The van der Waals surface area contributed by atoms with E-state index in [4.69, 9.17) is 21.1 Å². The smallest absolute Gasteiger partial charge is 0.410 e. The second kappa shape index (κ2) is 16.1. The number of anilines is 2. The van der Waals surface area contributed by atoms with Gasteiger partial charge in [0.1, 0.15) is 30.0 Å². The maximum atomic E-state index is 16.9. The van der Waals surface area contributed by atoms with Crippen molar-refractivity contribution in [3.8, 4) is 17.3 Å². The summed E-state index contributed by atoms with van der Waals surface area (Å²) in [6, 6.07) is 15.8. The number of hydrogen-bond acceptors (Lipinski definition) is 12. The van der Waals surface area contributed by atoms with Crippen molar-refractivity contribution >= 4 is 66.8 Å². The Balaban J connectivity index is 0.979. The van der Waals surface area contributed by atoms with Gasteiger partial charge in [-0.1, -0.05) is 67.4 Å². The lowest BCUT2D eigenvalue weighted by Crippen LogP contribution is -2.56. The Hall–Kier alpha value is -6.20. The first-order valence-corrected chi connectivity index (χ1v) is 21.5. The highest BCUT2D eigenvalue weighted by Crippen LogP contribution is 2.40. The van der Waals surface area contributed by atoms with Gasteiger partial charge in [0.25, 0.3) is 15.9 Å². The number of amides is 2. The number of carbonyl (C=O) groups excluding carboxylic acids is 2. The van der Waals surface area contributed by atoms with Crippen molar-refractivity contribution in [1.82, 2.24) is 34.0 Å². The molecule has 15 nitrogen and oxygen atoms in total. The number of halogens is 2. The van der Waals surface area contributed by atoms with Crippen LogP contribution in [0.1, 0.15) is 50.3 Å². The summed E-state index contributed by atoms with van der Waals surface area (Å²) in [5, 5.41) is 9.12. The van der Waals surface area contributed by atoms with Crippen LogP contribution in [0.5, 0.6) is 6.01 Å². The molecule has 3 fully saturated rings. The zero-order valence-corrected chi connectivity index (χ0v) is 33.8. The Morgan fingerprint density at radius 1 is 0.967 bits per heavy atom. The molecule has 308 valence electrons. The van der Waals surface area contributed by atoms with Crippen LogP contribution in [0.25, 0.3) is 32.9 Å². The second-order valence-electron chi connectivity index (χ2n) is 15.0. The van der Waals surface area contributed by atoms with Crippen LogP contribution in [0.4, 0.5) is 20.7 Å². The van der Waals surface area contributed by atoms with E-state index < -0.39 is 34.4 Å². The van der Waals surface area contributed by atoms with Gasteiger partial charge in [-0.2, -0.15) is 18.4 Å². The van der Waals surface area contributed by atoms with E-state index in [1.54, 1.807) is 23.1 Å². The van der Waals surface area contributed by atoms with Crippen LogP contribution >= 0.6 is 11.6 Å². The van der Waals surface area contributed by atoms with E-state index in [0.29, 0.717) is 51.8 Å². The minimum Gasteiger partial charge on any atom is -0.453 e. The molecule has 0 radical (unpaired) electrons. The molecule has 2 amide bonds. The molecule has 18 heteroatoms. The molecule has 5 heterocycles. The molecule has 2 saturated heterocycles. The lowest BCUT2D eigenvalue weighted by Gasteiger charge is -2.41. The first-order chi connectivity index (χ1) is 29.1. The number of nitrogens with one attached hydrogen (secondary N) is 1. The van der Waals surface area contributed by atoms with Crippen LogP contribution in [0.3, 0.4) is 0 Å². The molecule has 3 aliphatic rings. The van der Waals surface area contributed by atoms with Gasteiger partial charge in [0, 0.05) is 46.9 Å². The number of nitrogens with zero attached hydrogens (tertiary/aromatic N) is 8. The molecule has 1 aliphatic carbocycles. The third-order valence-corrected chi connectivity index (χ3v) is 13.1. The minimum atomic E-state index is -4.01. The number of piperazine rings is 1. The molecular formula is C42H39ClFN9O6S. The fraction of sp³-hybridized carbons (Fsp3) is 0.310. The zero-order chi connectivity index (χ0) is 41.5. The Morgan fingerprint density at radius 2 is 1.70 bits per heavy atom. The van der Waals surface area contributed by atoms with E-state index in [1.807, 2.05) is 23.1 Å². The normalized spacial score (nSPS) is 18.0. The summed E-state index contributed by atoms with van der Waals surface area (Å²) in [7, 11) is -4.01. The third kappa shape index (κ3) is 7.36. The number of ether oxygens (including phenoxy) is 2. The Kier molecular flexibility index (Phi) is 10.5. The van der Waals surface area contributed by atoms with E-state index in [-0.39, 0.29) is 46.7 Å². The average molecular weight is 852 g/mol. The Labute approximate surface area is 349 Å². The summed E-state index contributed by atoms with van der Waals surface area (Å²) in [6.07, 6.45) is 9.30. The summed E-state index contributed by atoms with van der Waals surface area (Å²) < 4.78 is 55.6. The number of rotatable bonds is 11. The van der Waals surface area contributed by atoms with Gasteiger partial charge in [0.2, 0.25) is 0 Å². The predicted molar refractivity (Wildman–Crippen MR) is 222 cm³/mol. The van der Waals surface area contributed by atoms with E-state index in [0.717, 1.165) is 48.0 Å². The van der Waals surface area contributed by atoms with Gasteiger partial charge >= 0.3 is 12.1 Å². The first-order valence-electron chi connectivity index (χ1n) is 19.6. The summed E-state index contributed by atoms with van der Waals surface area (Å²) in [6.45, 7) is 3.91. The predicted octanol–water partition coefficient (Wildman–Crippen LogP) is 7.12. The molecule has 9 rings (SSSR count). The molecule has 6 aromatic rings. The number of aromatic nitrogens is 6.